The van der Waals surface area contributed by atoms with Gasteiger partial charge in [0.05, 0.1) is 28.7 Å². The van der Waals surface area contributed by atoms with E-state index >= 15 is 0 Å². The van der Waals surface area contributed by atoms with Crippen molar-refractivity contribution >= 4 is 28.8 Å². The fourth-order valence-corrected chi connectivity index (χ4v) is 4.25. The van der Waals surface area contributed by atoms with Gasteiger partial charge in [-0.05, 0) is 44.9 Å². The fraction of sp³-hybridized carbons (Fsp3) is 0.421. The molecule has 0 unspecified atom stereocenters. The Morgan fingerprint density at radius 1 is 1.42 bits per heavy atom. The van der Waals surface area contributed by atoms with E-state index in [-0.39, 0.29) is 22.8 Å². The lowest BCUT2D eigenvalue weighted by Crippen LogP contribution is -2.41. The van der Waals surface area contributed by atoms with Crippen LogP contribution in [0.15, 0.2) is 40.5 Å². The fourth-order valence-electron chi connectivity index (χ4n) is 3.12. The first kappa shape index (κ1) is 18.6. The highest BCUT2D eigenvalue weighted by atomic mass is 32.2. The van der Waals surface area contributed by atoms with E-state index < -0.39 is 17.8 Å². The van der Waals surface area contributed by atoms with Crippen molar-refractivity contribution in [2.45, 2.75) is 51.5 Å². The standard InChI is InChI=1S/C19H21FN2O3S/c1-5-14-17(23)22-16(12-7-6-8-13(20)9-12)15(18(24)25-10(2)3)11(4)21-19(22)26-14/h6-10,14,16H,5H2,1-4H3/t14-,16+/m1/s1. The summed E-state index contributed by atoms with van der Waals surface area (Å²) in [6, 6.07) is 5.23. The van der Waals surface area contributed by atoms with Crippen LogP contribution in [-0.2, 0) is 14.3 Å². The van der Waals surface area contributed by atoms with E-state index in [1.807, 2.05) is 6.92 Å². The van der Waals surface area contributed by atoms with Gasteiger partial charge in [-0.1, -0.05) is 30.8 Å². The number of amides is 1. The van der Waals surface area contributed by atoms with Gasteiger partial charge in [0.1, 0.15) is 5.82 Å². The molecule has 1 aromatic rings. The lowest BCUT2D eigenvalue weighted by atomic mass is 9.94. The van der Waals surface area contributed by atoms with Crippen molar-refractivity contribution < 1.29 is 18.7 Å². The molecule has 5 nitrogen and oxygen atoms in total. The van der Waals surface area contributed by atoms with Crippen LogP contribution in [0.2, 0.25) is 0 Å². The van der Waals surface area contributed by atoms with E-state index in [1.54, 1.807) is 32.9 Å². The first-order valence-corrected chi connectivity index (χ1v) is 9.47. The zero-order valence-corrected chi connectivity index (χ0v) is 16.0. The Labute approximate surface area is 156 Å². The van der Waals surface area contributed by atoms with Gasteiger partial charge in [-0.25, -0.2) is 14.2 Å². The second-order valence-electron chi connectivity index (χ2n) is 6.53. The lowest BCUT2D eigenvalue weighted by Gasteiger charge is -2.33. The third kappa shape index (κ3) is 3.28. The average molecular weight is 376 g/mol. The molecular formula is C19H21FN2O3S. The number of hydrogen-bond acceptors (Lipinski definition) is 5. The van der Waals surface area contributed by atoms with Crippen molar-refractivity contribution in [1.29, 1.82) is 0 Å². The summed E-state index contributed by atoms with van der Waals surface area (Å²) in [6.07, 6.45) is 0.341. The third-order valence-electron chi connectivity index (χ3n) is 4.25. The van der Waals surface area contributed by atoms with Gasteiger partial charge >= 0.3 is 5.97 Å². The number of ether oxygens (including phenoxy) is 1. The molecule has 2 atom stereocenters. The SMILES string of the molecule is CC[C@H]1SC2=NC(C)=C(C(=O)OC(C)C)[C@H](c3cccc(F)c3)N2C1=O. The van der Waals surface area contributed by atoms with Crippen LogP contribution >= 0.6 is 11.8 Å². The third-order valence-corrected chi connectivity index (χ3v) is 5.57. The van der Waals surface area contributed by atoms with E-state index in [0.717, 1.165) is 0 Å². The molecule has 0 radical (unpaired) electrons. The summed E-state index contributed by atoms with van der Waals surface area (Å²) >= 11 is 1.38. The Morgan fingerprint density at radius 3 is 2.77 bits per heavy atom. The summed E-state index contributed by atoms with van der Waals surface area (Å²) in [5, 5.41) is 0.299. The van der Waals surface area contributed by atoms with Gasteiger partial charge in [-0.15, -0.1) is 0 Å². The van der Waals surface area contributed by atoms with Crippen molar-refractivity contribution in [3.63, 3.8) is 0 Å². The average Bonchev–Trinajstić information content (AvgIpc) is 2.88. The number of benzene rings is 1. The predicted octanol–water partition coefficient (Wildman–Crippen LogP) is 3.82. The van der Waals surface area contributed by atoms with Crippen LogP contribution in [0.5, 0.6) is 0 Å². The largest absolute Gasteiger partial charge is 0.459 e. The molecule has 0 N–H and O–H groups in total. The molecule has 26 heavy (non-hydrogen) atoms. The topological polar surface area (TPSA) is 59.0 Å². The number of hydrogen-bond donors (Lipinski definition) is 0. The van der Waals surface area contributed by atoms with Crippen molar-refractivity contribution in [1.82, 2.24) is 4.90 Å². The van der Waals surface area contributed by atoms with Crippen LogP contribution in [0.4, 0.5) is 4.39 Å². The van der Waals surface area contributed by atoms with Crippen molar-refractivity contribution in [3.05, 3.63) is 46.9 Å². The van der Waals surface area contributed by atoms with E-state index in [0.29, 0.717) is 22.8 Å². The van der Waals surface area contributed by atoms with Crippen LogP contribution in [0, 0.1) is 5.82 Å². The van der Waals surface area contributed by atoms with Gasteiger partial charge in [-0.3, -0.25) is 9.69 Å². The Bertz CT molecular complexity index is 819. The molecule has 2 aliphatic rings. The zero-order chi connectivity index (χ0) is 19.0. The van der Waals surface area contributed by atoms with Gasteiger partial charge in [0.25, 0.3) is 0 Å². The minimum atomic E-state index is -0.735. The number of esters is 1. The van der Waals surface area contributed by atoms with Crippen LogP contribution in [0.1, 0.15) is 45.7 Å². The summed E-state index contributed by atoms with van der Waals surface area (Å²) in [5.41, 5.74) is 1.30. The summed E-state index contributed by atoms with van der Waals surface area (Å²) in [7, 11) is 0. The normalized spacial score (nSPS) is 22.6. The number of nitrogens with zero attached hydrogens (tertiary/aromatic N) is 2. The number of carbonyl (C=O) groups excluding carboxylic acids is 2. The quantitative estimate of drug-likeness (QED) is 0.750. The van der Waals surface area contributed by atoms with Gasteiger partial charge in [0.15, 0.2) is 5.17 Å². The zero-order valence-electron chi connectivity index (χ0n) is 15.2. The van der Waals surface area contributed by atoms with Crippen molar-refractivity contribution in [2.24, 2.45) is 4.99 Å². The molecule has 0 bridgehead atoms. The summed E-state index contributed by atoms with van der Waals surface area (Å²) in [5.74, 6) is -1.08. The molecule has 1 fully saturated rings. The molecule has 7 heteroatoms. The first-order valence-electron chi connectivity index (χ1n) is 8.59. The molecule has 2 heterocycles. The molecule has 0 aliphatic carbocycles. The van der Waals surface area contributed by atoms with E-state index in [2.05, 4.69) is 4.99 Å². The Kier molecular flexibility index (Phi) is 5.18. The summed E-state index contributed by atoms with van der Waals surface area (Å²) < 4.78 is 19.2. The second kappa shape index (κ2) is 7.23. The predicted molar refractivity (Wildman–Crippen MR) is 99.0 cm³/mol. The van der Waals surface area contributed by atoms with Crippen LogP contribution < -0.4 is 0 Å². The second-order valence-corrected chi connectivity index (χ2v) is 7.70. The molecular weight excluding hydrogens is 355 g/mol. The van der Waals surface area contributed by atoms with E-state index in [9.17, 15) is 14.0 Å². The monoisotopic (exact) mass is 376 g/mol. The first-order chi connectivity index (χ1) is 12.3. The number of fused-ring (bicyclic) bond motifs is 1. The highest BCUT2D eigenvalue weighted by molar-refractivity contribution is 8.15. The highest BCUT2D eigenvalue weighted by Gasteiger charge is 2.47. The number of rotatable bonds is 4. The Hall–Kier alpha value is -2.15. The number of amidine groups is 1. The van der Waals surface area contributed by atoms with Crippen molar-refractivity contribution in [3.8, 4) is 0 Å². The van der Waals surface area contributed by atoms with E-state index in [1.165, 1.54) is 28.8 Å². The number of thioether (sulfide) groups is 1. The number of carbonyl (C=O) groups is 2. The summed E-state index contributed by atoms with van der Waals surface area (Å²) in [4.78, 5) is 31.6. The van der Waals surface area contributed by atoms with Crippen molar-refractivity contribution in [2.75, 3.05) is 0 Å². The molecule has 0 saturated carbocycles. The Balaban J connectivity index is 2.13. The van der Waals surface area contributed by atoms with Gasteiger partial charge in [0.2, 0.25) is 5.91 Å². The molecule has 2 aliphatic heterocycles. The highest BCUT2D eigenvalue weighted by Crippen LogP contribution is 2.44. The molecule has 3 rings (SSSR count). The number of aliphatic imine (C=N–C) groups is 1. The minimum Gasteiger partial charge on any atom is -0.459 e. The van der Waals surface area contributed by atoms with Gasteiger partial charge < -0.3 is 4.74 Å². The molecule has 138 valence electrons. The van der Waals surface area contributed by atoms with Gasteiger partial charge in [-0.2, -0.15) is 0 Å². The van der Waals surface area contributed by atoms with Gasteiger partial charge in [0, 0.05) is 0 Å². The van der Waals surface area contributed by atoms with Crippen LogP contribution in [0.3, 0.4) is 0 Å². The number of halogens is 1. The number of allylic oxidation sites excluding steroid dienone is 1. The Morgan fingerprint density at radius 2 is 2.15 bits per heavy atom. The molecule has 0 spiro atoms. The minimum absolute atomic E-state index is 0.118. The molecule has 0 aromatic heterocycles. The smallest absolute Gasteiger partial charge is 0.338 e. The van der Waals surface area contributed by atoms with Crippen LogP contribution in [0.25, 0.3) is 0 Å². The lowest BCUT2D eigenvalue weighted by molar-refractivity contribution is -0.143. The maximum Gasteiger partial charge on any atom is 0.338 e. The maximum atomic E-state index is 13.9. The van der Waals surface area contributed by atoms with Crippen LogP contribution in [-0.4, -0.2) is 33.3 Å². The maximum absolute atomic E-state index is 13.9. The summed E-state index contributed by atoms with van der Waals surface area (Å²) in [6.45, 7) is 7.16. The van der Waals surface area contributed by atoms with E-state index in [4.69, 9.17) is 4.74 Å². The molecule has 1 saturated heterocycles. The molecule has 1 aromatic carbocycles. The molecule has 1 amide bonds.